The van der Waals surface area contributed by atoms with E-state index in [9.17, 15) is 43.8 Å². The molecule has 4 unspecified atom stereocenters. The lowest BCUT2D eigenvalue weighted by molar-refractivity contribution is 0.0187. The van der Waals surface area contributed by atoms with Crippen molar-refractivity contribution in [2.75, 3.05) is 103 Å². The number of ether oxygens (including phenoxy) is 3. The number of nitrogens with zero attached hydrogens (tertiary/aromatic N) is 17. The quantitative estimate of drug-likeness (QED) is 0.0559. The molecule has 121 heavy (non-hydrogen) atoms. The number of piperidine rings is 4. The van der Waals surface area contributed by atoms with Gasteiger partial charge in [-0.3, -0.25) is 27.2 Å². The van der Waals surface area contributed by atoms with Crippen molar-refractivity contribution in [3.8, 4) is 42.3 Å². The summed E-state index contributed by atoms with van der Waals surface area (Å²) in [6.07, 6.45) is 21.2. The standard InChI is InChI=1S/C23H30N6O3S.2C21H25N5O4S.C18H22N6OS/c1-23(2,3)32-22(31)28-8-6-7-14(11-28)16-12-29-17(10-25-19(24)20(29)26-16)18-9-15(13-33-18)21(30)27(4)5;2*1-21(2,3)30-20(29)25-6-4-5-12(9-25)14-10-26-15(8-23-17(22)18(26)24-14)16-7-13(11-31-16)19(27)28;1-23(2)18(25)12-6-15(26-10-12)14-8-21-16(19)17-22-13(9-24(14)17)11-4-3-5-20-7-11/h9-10,12-14H,6-8,11H2,1-5H3,(H2,24,25);2*7-8,10-12H,4-6,9H2,1-3H3,(H2,22,23)(H,27,28);6,8-11,20H,3-5,7H2,1-2H3,(H2,19,21). The van der Waals surface area contributed by atoms with E-state index < -0.39 is 28.7 Å². The molecular weight excluding hydrogens is 1630 g/mol. The Balaban J connectivity index is 0.000000140. The molecule has 0 aromatic carbocycles. The molecule has 5 amide bonds. The minimum absolute atomic E-state index is 0.00764. The summed E-state index contributed by atoms with van der Waals surface area (Å²) in [5, 5.41) is 28.8. The van der Waals surface area contributed by atoms with E-state index >= 15 is 0 Å². The van der Waals surface area contributed by atoms with Gasteiger partial charge in [0.1, 0.15) is 16.8 Å². The molecule has 0 saturated carbocycles. The number of rotatable bonds is 12. The van der Waals surface area contributed by atoms with Crippen molar-refractivity contribution < 1.29 is 58.0 Å². The van der Waals surface area contributed by atoms with Crippen LogP contribution in [0.25, 0.3) is 64.9 Å². The van der Waals surface area contributed by atoms with Gasteiger partial charge in [-0.25, -0.2) is 63.8 Å². The second-order valence-corrected chi connectivity index (χ2v) is 37.3. The van der Waals surface area contributed by atoms with Gasteiger partial charge in [-0.05, 0) is 144 Å². The number of imidazole rings is 4. The third kappa shape index (κ3) is 20.3. The van der Waals surface area contributed by atoms with Gasteiger partial charge in [-0.1, -0.05) is 0 Å². The van der Waals surface area contributed by atoms with Gasteiger partial charge in [0.2, 0.25) is 0 Å². The predicted octanol–water partition coefficient (Wildman–Crippen LogP) is 13.8. The Labute approximate surface area is 714 Å². The van der Waals surface area contributed by atoms with E-state index in [1.165, 1.54) is 45.3 Å². The summed E-state index contributed by atoms with van der Waals surface area (Å²) >= 11 is 5.65. The summed E-state index contributed by atoms with van der Waals surface area (Å²) in [7, 11) is 6.97. The number of likely N-dealkylation sites (tertiary alicyclic amines) is 3. The highest BCUT2D eigenvalue weighted by Gasteiger charge is 2.35. The molecule has 0 aliphatic carbocycles. The maximum atomic E-state index is 12.6. The number of nitrogens with two attached hydrogens (primary N) is 4. The van der Waals surface area contributed by atoms with Crippen molar-refractivity contribution in [3.63, 3.8) is 0 Å². The van der Waals surface area contributed by atoms with Crippen molar-refractivity contribution in [1.29, 1.82) is 0 Å². The van der Waals surface area contributed by atoms with Gasteiger partial charge in [0, 0.05) is 144 Å². The van der Waals surface area contributed by atoms with Gasteiger partial charge in [-0.2, -0.15) is 0 Å². The first-order valence-electron chi connectivity index (χ1n) is 39.8. The summed E-state index contributed by atoms with van der Waals surface area (Å²) in [4.78, 5) is 133. The number of nitrogen functional groups attached to an aromatic ring is 4. The molecular formula is C83H102N22O12S4. The highest BCUT2D eigenvalue weighted by molar-refractivity contribution is 7.14. The summed E-state index contributed by atoms with van der Waals surface area (Å²) in [5.41, 5.74) is 33.5. The molecule has 12 aromatic heterocycles. The molecule has 11 N–H and O–H groups in total. The van der Waals surface area contributed by atoms with E-state index in [4.69, 9.17) is 57.1 Å². The summed E-state index contributed by atoms with van der Waals surface area (Å²) < 4.78 is 24.2. The van der Waals surface area contributed by atoms with E-state index in [1.807, 2.05) is 121 Å². The van der Waals surface area contributed by atoms with Gasteiger partial charge in [0.25, 0.3) is 11.8 Å². The first-order chi connectivity index (χ1) is 57.3. The topological polar surface area (TPSA) is 441 Å². The minimum Gasteiger partial charge on any atom is -0.478 e. The van der Waals surface area contributed by atoms with Crippen LogP contribution in [-0.2, 0) is 14.2 Å². The maximum Gasteiger partial charge on any atom is 0.410 e. The zero-order valence-corrected chi connectivity index (χ0v) is 73.1. The molecule has 4 saturated heterocycles. The summed E-state index contributed by atoms with van der Waals surface area (Å²) in [6, 6.07) is 7.00. The van der Waals surface area contributed by atoms with Crippen LogP contribution in [0.5, 0.6) is 0 Å². The van der Waals surface area contributed by atoms with Crippen molar-refractivity contribution in [1.82, 2.24) is 87.3 Å². The van der Waals surface area contributed by atoms with Crippen LogP contribution in [0.4, 0.5) is 37.7 Å². The van der Waals surface area contributed by atoms with E-state index in [-0.39, 0.29) is 59.0 Å². The van der Waals surface area contributed by atoms with Gasteiger partial charge in [0.05, 0.1) is 112 Å². The Morgan fingerprint density at radius 1 is 0.413 bits per heavy atom. The van der Waals surface area contributed by atoms with Crippen LogP contribution in [0.3, 0.4) is 0 Å². The SMILES string of the molecule is CC(C)(C)OC(=O)N1CCCC(c2cn3c(-c4cc(C(=O)O)cs4)cnc(N)c3n2)C1.CC(C)(C)OC(=O)N1CCCC(c2cn3c(-c4cc(C(=O)O)cs4)cnc(N)c3n2)C1.CN(C)C(=O)c1csc(-c2cnc(N)c3nc(C4CCCN(C(=O)OC(C)(C)C)C4)cn23)c1.CN(C)C(=O)c1csc(-c2cnc(N)c3nc(C4CCCNC4)cn23)c1. The first kappa shape index (κ1) is 87.0. The van der Waals surface area contributed by atoms with Gasteiger partial charge < -0.3 is 77.2 Å². The Bertz CT molecular complexity index is 5660. The van der Waals surface area contributed by atoms with Crippen molar-refractivity contribution in [2.45, 2.75) is 154 Å². The molecule has 16 rings (SSSR count). The minimum atomic E-state index is -0.974. The zero-order chi connectivity index (χ0) is 86.8. The van der Waals surface area contributed by atoms with E-state index in [0.29, 0.717) is 102 Å². The highest BCUT2D eigenvalue weighted by atomic mass is 32.1. The van der Waals surface area contributed by atoms with E-state index in [2.05, 4.69) is 31.4 Å². The molecule has 640 valence electrons. The smallest absolute Gasteiger partial charge is 0.410 e. The second kappa shape index (κ2) is 35.8. The van der Waals surface area contributed by atoms with E-state index in [1.54, 1.807) is 100 Å². The van der Waals surface area contributed by atoms with Crippen LogP contribution in [-0.4, -0.2) is 232 Å². The number of carbonyl (C=O) groups excluding carboxylic acids is 5. The van der Waals surface area contributed by atoms with Crippen LogP contribution in [0.1, 0.15) is 202 Å². The molecule has 0 bridgehead atoms. The van der Waals surface area contributed by atoms with Crippen LogP contribution in [0.2, 0.25) is 0 Å². The Hall–Kier alpha value is -11.9. The van der Waals surface area contributed by atoms with Crippen LogP contribution in [0.15, 0.2) is 95.4 Å². The number of fused-ring (bicyclic) bond motifs is 4. The number of aromatic carboxylic acids is 2. The summed E-state index contributed by atoms with van der Waals surface area (Å²) in [5.74, 6) is -0.0867. The number of hydrogen-bond donors (Lipinski definition) is 7. The fourth-order valence-electron chi connectivity index (χ4n) is 14.7. The fourth-order valence-corrected chi connectivity index (χ4v) is 18.2. The fraction of sp³-hybridized carbons (Fsp3) is 0.434. The molecule has 0 spiro atoms. The lowest BCUT2D eigenvalue weighted by atomic mass is 9.95. The van der Waals surface area contributed by atoms with Gasteiger partial charge in [-0.15, -0.1) is 45.3 Å². The average Bonchev–Trinajstić information content (AvgIpc) is 1.64. The normalized spacial score (nSPS) is 17.1. The summed E-state index contributed by atoms with van der Waals surface area (Å²) in [6.45, 7) is 22.3. The number of hydrogen-bond acceptors (Lipinski definition) is 27. The van der Waals surface area contributed by atoms with Crippen molar-refractivity contribution in [3.05, 3.63) is 140 Å². The number of carbonyl (C=O) groups is 7. The van der Waals surface area contributed by atoms with Crippen molar-refractivity contribution >= 4 is 133 Å². The largest absolute Gasteiger partial charge is 0.478 e. The maximum absolute atomic E-state index is 12.6. The van der Waals surface area contributed by atoms with E-state index in [0.717, 1.165) is 130 Å². The molecule has 34 nitrogen and oxygen atoms in total. The molecule has 16 heterocycles. The highest BCUT2D eigenvalue weighted by Crippen LogP contribution is 2.39. The second-order valence-electron chi connectivity index (χ2n) is 33.7. The molecule has 4 aliphatic rings. The molecule has 12 aromatic rings. The molecule has 38 heteroatoms. The lowest BCUT2D eigenvalue weighted by Gasteiger charge is -2.33. The predicted molar refractivity (Wildman–Crippen MR) is 467 cm³/mol. The Morgan fingerprint density at radius 3 is 0.926 bits per heavy atom. The number of thiophene rings is 4. The van der Waals surface area contributed by atoms with Crippen molar-refractivity contribution in [2.24, 2.45) is 0 Å². The Morgan fingerprint density at radius 2 is 0.678 bits per heavy atom. The first-order valence-corrected chi connectivity index (χ1v) is 43.3. The number of carboxylic acids is 2. The molecule has 4 atom stereocenters. The lowest BCUT2D eigenvalue weighted by Crippen LogP contribution is -2.42. The van der Waals surface area contributed by atoms with Crippen LogP contribution < -0.4 is 28.3 Å². The third-order valence-electron chi connectivity index (χ3n) is 20.6. The number of amides is 5. The number of anilines is 4. The number of aromatic nitrogens is 12. The molecule has 4 aliphatic heterocycles. The van der Waals surface area contributed by atoms with Crippen LogP contribution >= 0.6 is 45.3 Å². The molecule has 0 radical (unpaired) electrons. The number of nitrogens with one attached hydrogen (secondary N) is 1. The average molecular weight is 1730 g/mol. The van der Waals surface area contributed by atoms with Crippen LogP contribution in [0, 0.1) is 0 Å². The monoisotopic (exact) mass is 1730 g/mol. The Kier molecular flexibility index (Phi) is 25.7. The molecule has 4 fully saturated rings. The number of carboxylic acid groups (broad SMARTS) is 2. The van der Waals surface area contributed by atoms with Gasteiger partial charge >= 0.3 is 30.2 Å². The zero-order valence-electron chi connectivity index (χ0n) is 69.9. The third-order valence-corrected chi connectivity index (χ3v) is 24.4. The van der Waals surface area contributed by atoms with Gasteiger partial charge in [0.15, 0.2) is 45.9 Å².